The van der Waals surface area contributed by atoms with Crippen molar-refractivity contribution in [1.29, 1.82) is 5.26 Å². The van der Waals surface area contributed by atoms with Crippen LogP contribution >= 0.6 is 0 Å². The Labute approximate surface area is 132 Å². The van der Waals surface area contributed by atoms with Gasteiger partial charge >= 0.3 is 0 Å². The van der Waals surface area contributed by atoms with E-state index in [1.165, 1.54) is 17.7 Å². The Balaban J connectivity index is 2.05. The molecule has 1 amide bonds. The van der Waals surface area contributed by atoms with Crippen LogP contribution in [0.4, 0.5) is 5.69 Å². The van der Waals surface area contributed by atoms with Crippen LogP contribution in [0, 0.1) is 11.3 Å². The van der Waals surface area contributed by atoms with Gasteiger partial charge in [0.1, 0.15) is 6.07 Å². The third kappa shape index (κ3) is 2.58. The minimum Gasteiger partial charge on any atom is -0.321 e. The van der Waals surface area contributed by atoms with Gasteiger partial charge in [-0.2, -0.15) is 5.26 Å². The van der Waals surface area contributed by atoms with Gasteiger partial charge in [-0.25, -0.2) is 0 Å². The maximum Gasteiger partial charge on any atom is 0.257 e. The van der Waals surface area contributed by atoms with Gasteiger partial charge in [0.05, 0.1) is 22.3 Å². The van der Waals surface area contributed by atoms with Crippen molar-refractivity contribution < 1.29 is 9.59 Å². The molecule has 0 saturated carbocycles. The van der Waals surface area contributed by atoms with Gasteiger partial charge in [-0.05, 0) is 18.2 Å². The lowest BCUT2D eigenvalue weighted by Crippen LogP contribution is -2.12. The zero-order valence-electron chi connectivity index (χ0n) is 12.4. The molecule has 0 saturated heterocycles. The monoisotopic (exact) mass is 303 g/mol. The van der Waals surface area contributed by atoms with Crippen LogP contribution in [0.25, 0.3) is 10.9 Å². The lowest BCUT2D eigenvalue weighted by Gasteiger charge is -2.05. The number of para-hydroxylation sites is 2. The average molecular weight is 303 g/mol. The van der Waals surface area contributed by atoms with E-state index in [-0.39, 0.29) is 11.8 Å². The molecule has 0 radical (unpaired) electrons. The van der Waals surface area contributed by atoms with Crippen molar-refractivity contribution >= 4 is 28.4 Å². The van der Waals surface area contributed by atoms with Crippen molar-refractivity contribution in [3.05, 3.63) is 65.9 Å². The second kappa shape index (κ2) is 5.78. The molecule has 3 rings (SSSR count). The number of amides is 1. The summed E-state index contributed by atoms with van der Waals surface area (Å²) in [5.41, 5.74) is 1.90. The molecule has 1 N–H and O–H groups in total. The average Bonchev–Trinajstić information content (AvgIpc) is 2.95. The normalized spacial score (nSPS) is 10.3. The number of benzene rings is 2. The van der Waals surface area contributed by atoms with E-state index < -0.39 is 0 Å². The first-order chi connectivity index (χ1) is 11.1. The fraction of sp³-hybridized carbons (Fsp3) is 0.0556. The van der Waals surface area contributed by atoms with E-state index >= 15 is 0 Å². The number of hydrogen-bond acceptors (Lipinski definition) is 3. The fourth-order valence-electron chi connectivity index (χ4n) is 2.50. The number of anilines is 1. The molecule has 2 aromatic carbocycles. The summed E-state index contributed by atoms with van der Waals surface area (Å²) in [4.78, 5) is 24.3. The summed E-state index contributed by atoms with van der Waals surface area (Å²) in [5.74, 6) is -0.526. The predicted octanol–water partition coefficient (Wildman–Crippen LogP) is 3.43. The molecular formula is C18H13N3O2. The van der Waals surface area contributed by atoms with Crippen molar-refractivity contribution in [2.24, 2.45) is 0 Å². The Bertz CT molecular complexity index is 964. The van der Waals surface area contributed by atoms with Crippen molar-refractivity contribution in [2.45, 2.75) is 6.92 Å². The second-order valence-corrected chi connectivity index (χ2v) is 5.06. The van der Waals surface area contributed by atoms with Gasteiger partial charge < -0.3 is 5.32 Å². The molecule has 5 nitrogen and oxygen atoms in total. The fourth-order valence-corrected chi connectivity index (χ4v) is 2.50. The SMILES string of the molecule is CC(=O)n1cc(C(=O)Nc2ccccc2C#N)c2ccccc21. The maximum atomic E-state index is 12.6. The molecule has 1 aromatic heterocycles. The Hall–Kier alpha value is -3.39. The third-order valence-electron chi connectivity index (χ3n) is 3.59. The minimum atomic E-state index is -0.357. The molecule has 0 spiro atoms. The number of hydrogen-bond donors (Lipinski definition) is 1. The number of rotatable bonds is 2. The van der Waals surface area contributed by atoms with Crippen LogP contribution in [0.5, 0.6) is 0 Å². The smallest absolute Gasteiger partial charge is 0.257 e. The van der Waals surface area contributed by atoms with E-state index in [0.717, 1.165) is 0 Å². The summed E-state index contributed by atoms with van der Waals surface area (Å²) < 4.78 is 1.44. The summed E-state index contributed by atoms with van der Waals surface area (Å²) in [6, 6.07) is 16.0. The van der Waals surface area contributed by atoms with E-state index in [9.17, 15) is 9.59 Å². The van der Waals surface area contributed by atoms with Gasteiger partial charge in [-0.15, -0.1) is 0 Å². The zero-order chi connectivity index (χ0) is 16.4. The summed E-state index contributed by atoms with van der Waals surface area (Å²) in [5, 5.41) is 12.5. The molecule has 0 aliphatic rings. The van der Waals surface area contributed by atoms with E-state index in [0.29, 0.717) is 27.7 Å². The molecule has 1 heterocycles. The minimum absolute atomic E-state index is 0.169. The summed E-state index contributed by atoms with van der Waals surface area (Å²) in [6.45, 7) is 1.44. The van der Waals surface area contributed by atoms with Crippen molar-refractivity contribution in [3.8, 4) is 6.07 Å². The van der Waals surface area contributed by atoms with Gasteiger partial charge in [0.25, 0.3) is 5.91 Å². The number of nitrogens with zero attached hydrogens (tertiary/aromatic N) is 2. The zero-order valence-corrected chi connectivity index (χ0v) is 12.4. The number of carbonyl (C=O) groups excluding carboxylic acids is 2. The van der Waals surface area contributed by atoms with Gasteiger partial charge in [0.15, 0.2) is 0 Å². The van der Waals surface area contributed by atoms with Crippen molar-refractivity contribution in [1.82, 2.24) is 4.57 Å². The Kier molecular flexibility index (Phi) is 3.65. The molecule has 3 aromatic rings. The van der Waals surface area contributed by atoms with Crippen molar-refractivity contribution in [3.63, 3.8) is 0 Å². The Morgan fingerprint density at radius 1 is 1.09 bits per heavy atom. The number of nitriles is 1. The van der Waals surface area contributed by atoms with Crippen LogP contribution in [-0.4, -0.2) is 16.4 Å². The predicted molar refractivity (Wildman–Crippen MR) is 87.3 cm³/mol. The highest BCUT2D eigenvalue weighted by molar-refractivity contribution is 6.14. The third-order valence-corrected chi connectivity index (χ3v) is 3.59. The molecule has 23 heavy (non-hydrogen) atoms. The molecule has 0 aliphatic carbocycles. The van der Waals surface area contributed by atoms with Gasteiger partial charge in [0, 0.05) is 18.5 Å². The number of fused-ring (bicyclic) bond motifs is 1. The molecule has 0 aliphatic heterocycles. The van der Waals surface area contributed by atoms with E-state index in [1.54, 1.807) is 36.4 Å². The lowest BCUT2D eigenvalue weighted by atomic mass is 10.1. The molecule has 112 valence electrons. The van der Waals surface area contributed by atoms with Crippen LogP contribution in [-0.2, 0) is 0 Å². The Morgan fingerprint density at radius 2 is 1.78 bits per heavy atom. The highest BCUT2D eigenvalue weighted by Crippen LogP contribution is 2.23. The van der Waals surface area contributed by atoms with Crippen LogP contribution < -0.4 is 5.32 Å². The largest absolute Gasteiger partial charge is 0.321 e. The first-order valence-electron chi connectivity index (χ1n) is 7.03. The first-order valence-corrected chi connectivity index (χ1v) is 7.03. The summed E-state index contributed by atoms with van der Waals surface area (Å²) in [7, 11) is 0. The topological polar surface area (TPSA) is 74.9 Å². The number of carbonyl (C=O) groups is 2. The Morgan fingerprint density at radius 3 is 2.52 bits per heavy atom. The molecule has 0 fully saturated rings. The maximum absolute atomic E-state index is 12.6. The van der Waals surface area contributed by atoms with Gasteiger partial charge in [-0.1, -0.05) is 30.3 Å². The van der Waals surface area contributed by atoms with Crippen LogP contribution in [0.1, 0.15) is 27.6 Å². The van der Waals surface area contributed by atoms with Crippen LogP contribution in [0.3, 0.4) is 0 Å². The first kappa shape index (κ1) is 14.5. The van der Waals surface area contributed by atoms with E-state index in [1.807, 2.05) is 18.2 Å². The summed E-state index contributed by atoms with van der Waals surface area (Å²) >= 11 is 0. The summed E-state index contributed by atoms with van der Waals surface area (Å²) in [6.07, 6.45) is 1.53. The second-order valence-electron chi connectivity index (χ2n) is 5.06. The molecule has 5 heteroatoms. The van der Waals surface area contributed by atoms with E-state index in [2.05, 4.69) is 5.32 Å². The number of nitrogens with one attached hydrogen (secondary N) is 1. The standard InChI is InChI=1S/C18H13N3O2/c1-12(22)21-11-15(14-7-3-5-9-17(14)21)18(23)20-16-8-4-2-6-13(16)10-19/h2-9,11H,1H3,(H,20,23). The number of aromatic nitrogens is 1. The van der Waals surface area contributed by atoms with Crippen LogP contribution in [0.15, 0.2) is 54.7 Å². The van der Waals surface area contributed by atoms with Gasteiger partial charge in [0.2, 0.25) is 5.91 Å². The molecule has 0 unspecified atom stereocenters. The van der Waals surface area contributed by atoms with Crippen LogP contribution in [0.2, 0.25) is 0 Å². The quantitative estimate of drug-likeness (QED) is 0.788. The lowest BCUT2D eigenvalue weighted by molar-refractivity contribution is 0.0941. The van der Waals surface area contributed by atoms with Gasteiger partial charge in [-0.3, -0.25) is 14.2 Å². The van der Waals surface area contributed by atoms with E-state index in [4.69, 9.17) is 5.26 Å². The highest BCUT2D eigenvalue weighted by Gasteiger charge is 2.17. The highest BCUT2D eigenvalue weighted by atomic mass is 16.2. The molecule has 0 bridgehead atoms. The van der Waals surface area contributed by atoms with Crippen molar-refractivity contribution in [2.75, 3.05) is 5.32 Å². The molecule has 0 atom stereocenters. The molecular weight excluding hydrogens is 290 g/mol.